The van der Waals surface area contributed by atoms with Crippen LogP contribution in [0.15, 0.2) is 48.7 Å². The van der Waals surface area contributed by atoms with Crippen LogP contribution in [-0.4, -0.2) is 11.0 Å². The Kier molecular flexibility index (Phi) is 3.45. The first-order chi connectivity index (χ1) is 8.25. The third-order valence-corrected chi connectivity index (χ3v) is 2.15. The number of hydrogen-bond acceptors (Lipinski definition) is 3. The van der Waals surface area contributed by atoms with Gasteiger partial charge in [0.2, 0.25) is 0 Å². The van der Waals surface area contributed by atoms with E-state index in [1.807, 2.05) is 30.3 Å². The molecular formula is C13H10FNO2. The second-order valence-corrected chi connectivity index (χ2v) is 3.42. The van der Waals surface area contributed by atoms with Gasteiger partial charge < -0.3 is 4.74 Å². The van der Waals surface area contributed by atoms with Gasteiger partial charge in [-0.05, 0) is 17.7 Å². The molecule has 0 aliphatic carbocycles. The van der Waals surface area contributed by atoms with Crippen molar-refractivity contribution in [2.45, 2.75) is 6.61 Å². The molecular weight excluding hydrogens is 221 g/mol. The maximum Gasteiger partial charge on any atom is 0.357 e. The van der Waals surface area contributed by atoms with E-state index in [1.54, 1.807) is 0 Å². The summed E-state index contributed by atoms with van der Waals surface area (Å²) in [6.07, 6.45) is 0.985. The molecule has 4 heteroatoms. The molecule has 0 fully saturated rings. The number of halogens is 1. The summed E-state index contributed by atoms with van der Waals surface area (Å²) >= 11 is 0. The molecule has 0 radical (unpaired) electrons. The van der Waals surface area contributed by atoms with Crippen LogP contribution in [0.2, 0.25) is 0 Å². The summed E-state index contributed by atoms with van der Waals surface area (Å²) in [6, 6.07) is 11.8. The first-order valence-electron chi connectivity index (χ1n) is 5.08. The molecule has 0 spiro atoms. The SMILES string of the molecule is O=C(OCc1ccccc1)c1ccc(F)cn1. The smallest absolute Gasteiger partial charge is 0.357 e. The summed E-state index contributed by atoms with van der Waals surface area (Å²) in [5, 5.41) is 0. The van der Waals surface area contributed by atoms with Crippen LogP contribution < -0.4 is 0 Å². The van der Waals surface area contributed by atoms with Crippen molar-refractivity contribution in [3.05, 3.63) is 65.7 Å². The number of aromatic nitrogens is 1. The molecule has 1 heterocycles. The van der Waals surface area contributed by atoms with Gasteiger partial charge in [0.15, 0.2) is 0 Å². The predicted molar refractivity (Wildman–Crippen MR) is 59.8 cm³/mol. The third-order valence-electron chi connectivity index (χ3n) is 2.15. The lowest BCUT2D eigenvalue weighted by Gasteiger charge is -2.03. The fraction of sp³-hybridized carbons (Fsp3) is 0.0769. The van der Waals surface area contributed by atoms with E-state index in [0.29, 0.717) is 0 Å². The van der Waals surface area contributed by atoms with E-state index in [-0.39, 0.29) is 12.3 Å². The topological polar surface area (TPSA) is 39.2 Å². The van der Waals surface area contributed by atoms with E-state index in [0.717, 1.165) is 11.8 Å². The van der Waals surface area contributed by atoms with Crippen LogP contribution >= 0.6 is 0 Å². The van der Waals surface area contributed by atoms with Crippen LogP contribution in [0.25, 0.3) is 0 Å². The van der Waals surface area contributed by atoms with Gasteiger partial charge in [0.05, 0.1) is 6.20 Å². The van der Waals surface area contributed by atoms with Crippen LogP contribution in [0.4, 0.5) is 4.39 Å². The average molecular weight is 231 g/mol. The van der Waals surface area contributed by atoms with Gasteiger partial charge in [-0.15, -0.1) is 0 Å². The number of carbonyl (C=O) groups is 1. The highest BCUT2D eigenvalue weighted by molar-refractivity contribution is 5.87. The van der Waals surface area contributed by atoms with Crippen molar-refractivity contribution in [1.29, 1.82) is 0 Å². The van der Waals surface area contributed by atoms with Crippen molar-refractivity contribution in [3.63, 3.8) is 0 Å². The molecule has 0 aliphatic rings. The molecule has 2 rings (SSSR count). The molecule has 0 bridgehead atoms. The Morgan fingerprint density at radius 2 is 1.94 bits per heavy atom. The summed E-state index contributed by atoms with van der Waals surface area (Å²) in [5.41, 5.74) is 0.991. The molecule has 3 nitrogen and oxygen atoms in total. The molecule has 0 atom stereocenters. The molecule has 1 aromatic heterocycles. The minimum atomic E-state index is -0.561. The maximum atomic E-state index is 12.6. The summed E-state index contributed by atoms with van der Waals surface area (Å²) in [6.45, 7) is 0.179. The third kappa shape index (κ3) is 3.11. The molecule has 0 saturated carbocycles. The zero-order valence-corrected chi connectivity index (χ0v) is 8.97. The Labute approximate surface area is 97.9 Å². The van der Waals surface area contributed by atoms with Gasteiger partial charge in [0.1, 0.15) is 18.1 Å². The number of hydrogen-bond donors (Lipinski definition) is 0. The Hall–Kier alpha value is -2.23. The Morgan fingerprint density at radius 3 is 2.59 bits per heavy atom. The van der Waals surface area contributed by atoms with Crippen molar-refractivity contribution >= 4 is 5.97 Å². The normalized spacial score (nSPS) is 9.94. The highest BCUT2D eigenvalue weighted by Gasteiger charge is 2.08. The number of nitrogens with zero attached hydrogens (tertiary/aromatic N) is 1. The van der Waals surface area contributed by atoms with Gasteiger partial charge in [-0.25, -0.2) is 14.2 Å². The van der Waals surface area contributed by atoms with Crippen LogP contribution in [-0.2, 0) is 11.3 Å². The lowest BCUT2D eigenvalue weighted by Crippen LogP contribution is -2.07. The number of rotatable bonds is 3. The zero-order chi connectivity index (χ0) is 12.1. The highest BCUT2D eigenvalue weighted by Crippen LogP contribution is 2.04. The van der Waals surface area contributed by atoms with Gasteiger partial charge in [-0.2, -0.15) is 0 Å². The van der Waals surface area contributed by atoms with Crippen molar-refractivity contribution in [3.8, 4) is 0 Å². The largest absolute Gasteiger partial charge is 0.456 e. The summed E-state index contributed by atoms with van der Waals surface area (Å²) < 4.78 is 17.6. The zero-order valence-electron chi connectivity index (χ0n) is 8.97. The molecule has 86 valence electrons. The van der Waals surface area contributed by atoms with Crippen molar-refractivity contribution in [2.24, 2.45) is 0 Å². The summed E-state index contributed by atoms with van der Waals surface area (Å²) in [7, 11) is 0. The average Bonchev–Trinajstić information content (AvgIpc) is 2.38. The second-order valence-electron chi connectivity index (χ2n) is 3.42. The summed E-state index contributed by atoms with van der Waals surface area (Å²) in [4.78, 5) is 15.2. The molecule has 0 saturated heterocycles. The first kappa shape index (κ1) is 11.3. The number of ether oxygens (including phenoxy) is 1. The number of benzene rings is 1. The van der Waals surface area contributed by atoms with E-state index in [2.05, 4.69) is 4.98 Å². The molecule has 17 heavy (non-hydrogen) atoms. The minimum absolute atomic E-state index is 0.0994. The summed E-state index contributed by atoms with van der Waals surface area (Å²) in [5.74, 6) is -1.04. The minimum Gasteiger partial charge on any atom is -0.456 e. The highest BCUT2D eigenvalue weighted by atomic mass is 19.1. The van der Waals surface area contributed by atoms with Crippen molar-refractivity contribution < 1.29 is 13.9 Å². The van der Waals surface area contributed by atoms with E-state index in [1.165, 1.54) is 12.1 Å². The van der Waals surface area contributed by atoms with E-state index in [4.69, 9.17) is 4.74 Å². The van der Waals surface area contributed by atoms with Crippen molar-refractivity contribution in [1.82, 2.24) is 4.98 Å². The van der Waals surface area contributed by atoms with E-state index < -0.39 is 11.8 Å². The lowest BCUT2D eigenvalue weighted by molar-refractivity contribution is 0.0465. The van der Waals surface area contributed by atoms with Crippen LogP contribution in [0.3, 0.4) is 0 Å². The molecule has 0 amide bonds. The van der Waals surface area contributed by atoms with Crippen LogP contribution in [0.1, 0.15) is 16.1 Å². The van der Waals surface area contributed by atoms with E-state index in [9.17, 15) is 9.18 Å². The van der Waals surface area contributed by atoms with Gasteiger partial charge in [0, 0.05) is 0 Å². The standard InChI is InChI=1S/C13H10FNO2/c14-11-6-7-12(15-8-11)13(16)17-9-10-4-2-1-3-5-10/h1-8H,9H2. The number of pyridine rings is 1. The molecule has 0 unspecified atom stereocenters. The Bertz CT molecular complexity index is 497. The second kappa shape index (κ2) is 5.21. The Morgan fingerprint density at radius 1 is 1.18 bits per heavy atom. The molecule has 0 N–H and O–H groups in total. The van der Waals surface area contributed by atoms with Gasteiger partial charge in [-0.3, -0.25) is 0 Å². The monoisotopic (exact) mass is 231 g/mol. The van der Waals surface area contributed by atoms with Crippen molar-refractivity contribution in [2.75, 3.05) is 0 Å². The lowest BCUT2D eigenvalue weighted by atomic mass is 10.2. The molecule has 0 aliphatic heterocycles. The predicted octanol–water partition coefficient (Wildman–Crippen LogP) is 2.58. The van der Waals surface area contributed by atoms with Gasteiger partial charge >= 0.3 is 5.97 Å². The fourth-order valence-corrected chi connectivity index (χ4v) is 1.29. The quantitative estimate of drug-likeness (QED) is 0.762. The van der Waals surface area contributed by atoms with Crippen LogP contribution in [0.5, 0.6) is 0 Å². The fourth-order valence-electron chi connectivity index (χ4n) is 1.29. The first-order valence-corrected chi connectivity index (χ1v) is 5.08. The van der Waals surface area contributed by atoms with E-state index >= 15 is 0 Å². The number of carbonyl (C=O) groups excluding carboxylic acids is 1. The molecule has 1 aromatic carbocycles. The maximum absolute atomic E-state index is 12.6. The van der Waals surface area contributed by atoms with Gasteiger partial charge in [0.25, 0.3) is 0 Å². The van der Waals surface area contributed by atoms with Crippen LogP contribution in [0, 0.1) is 5.82 Å². The Balaban J connectivity index is 1.96. The number of esters is 1. The van der Waals surface area contributed by atoms with Gasteiger partial charge in [-0.1, -0.05) is 30.3 Å². The molecule has 2 aromatic rings.